The molecular formula is C38H48ClN7O3. The van der Waals surface area contributed by atoms with Crippen LogP contribution >= 0.6 is 11.6 Å². The highest BCUT2D eigenvalue weighted by Gasteiger charge is 2.41. The number of nitrogens with zero attached hydrogens (tertiary/aromatic N) is 4. The summed E-state index contributed by atoms with van der Waals surface area (Å²) in [6.07, 6.45) is 12.7. The number of nitrogens with two attached hydrogens (primary N) is 1. The van der Waals surface area contributed by atoms with E-state index in [0.29, 0.717) is 67.8 Å². The van der Waals surface area contributed by atoms with Crippen molar-refractivity contribution in [1.82, 2.24) is 24.9 Å². The van der Waals surface area contributed by atoms with Gasteiger partial charge in [-0.3, -0.25) is 4.79 Å². The summed E-state index contributed by atoms with van der Waals surface area (Å²) in [6.45, 7) is 6.68. The van der Waals surface area contributed by atoms with Gasteiger partial charge in [-0.2, -0.15) is 0 Å². The molecule has 49 heavy (non-hydrogen) atoms. The molecule has 5 saturated heterocycles. The molecule has 0 saturated carbocycles. The predicted octanol–water partition coefficient (Wildman–Crippen LogP) is 4.66. The molecule has 5 amide bonds. The first-order valence-corrected chi connectivity index (χ1v) is 18.4. The number of nitrogens with one attached hydrogen (secondary N) is 2. The Morgan fingerprint density at radius 3 is 2.33 bits per heavy atom. The van der Waals surface area contributed by atoms with Crippen LogP contribution in [0.5, 0.6) is 0 Å². The van der Waals surface area contributed by atoms with E-state index in [4.69, 9.17) is 23.8 Å². The quantitative estimate of drug-likeness (QED) is 0.303. The van der Waals surface area contributed by atoms with Gasteiger partial charge in [0.15, 0.2) is 0 Å². The molecule has 0 radical (unpaired) electrons. The summed E-state index contributed by atoms with van der Waals surface area (Å²) in [6, 6.07) is 10.3. The fraction of sp³-hybridized carbons (Fsp3) is 0.553. The number of rotatable bonds is 6. The smallest absolute Gasteiger partial charge is 0.322 e. The molecule has 4 N–H and O–H groups in total. The number of anilines is 2. The van der Waals surface area contributed by atoms with E-state index in [0.717, 1.165) is 47.9 Å². The zero-order chi connectivity index (χ0) is 34.1. The summed E-state index contributed by atoms with van der Waals surface area (Å²) in [7, 11) is 0. The van der Waals surface area contributed by atoms with Gasteiger partial charge in [0.25, 0.3) is 0 Å². The molecule has 6 heterocycles. The van der Waals surface area contributed by atoms with E-state index in [1.54, 1.807) is 17.0 Å². The number of hydrogen-bond acceptors (Lipinski definition) is 5. The largest absolute Gasteiger partial charge is 0.397 e. The van der Waals surface area contributed by atoms with Gasteiger partial charge in [-0.05, 0) is 105 Å². The van der Waals surface area contributed by atoms with E-state index in [-0.39, 0.29) is 30.4 Å². The summed E-state index contributed by atoms with van der Waals surface area (Å²) < 4.78 is 0. The van der Waals surface area contributed by atoms with Crippen LogP contribution in [0.1, 0.15) is 55.2 Å². The number of carbonyl (C=O) groups excluding carboxylic acids is 3. The van der Waals surface area contributed by atoms with E-state index >= 15 is 0 Å². The lowest BCUT2D eigenvalue weighted by molar-refractivity contribution is -0.135. The maximum absolute atomic E-state index is 14.2. The monoisotopic (exact) mass is 685 g/mol. The first-order chi connectivity index (χ1) is 23.8. The average molecular weight is 686 g/mol. The normalized spacial score (nSPS) is 25.2. The van der Waals surface area contributed by atoms with Crippen LogP contribution in [0.2, 0.25) is 5.02 Å². The number of urea groups is 2. The fourth-order valence-corrected chi connectivity index (χ4v) is 9.26. The molecule has 0 spiro atoms. The molecule has 1 unspecified atom stereocenters. The van der Waals surface area contributed by atoms with Gasteiger partial charge >= 0.3 is 12.1 Å². The van der Waals surface area contributed by atoms with Crippen LogP contribution in [0, 0.1) is 30.1 Å². The van der Waals surface area contributed by atoms with Crippen molar-refractivity contribution in [3.8, 4) is 12.3 Å². The van der Waals surface area contributed by atoms with Crippen LogP contribution in [0.25, 0.3) is 0 Å². The van der Waals surface area contributed by atoms with Gasteiger partial charge in [0, 0.05) is 63.0 Å². The molecule has 0 aromatic heterocycles. The highest BCUT2D eigenvalue weighted by Crippen LogP contribution is 2.40. The second-order valence-electron chi connectivity index (χ2n) is 14.6. The maximum atomic E-state index is 14.2. The number of nitrogen functional groups attached to an aromatic ring is 1. The summed E-state index contributed by atoms with van der Waals surface area (Å²) in [5.74, 6) is 4.70. The second kappa shape index (κ2) is 14.5. The first-order valence-electron chi connectivity index (χ1n) is 18.0. The summed E-state index contributed by atoms with van der Waals surface area (Å²) in [5.41, 5.74) is 9.64. The van der Waals surface area contributed by atoms with Crippen molar-refractivity contribution in [1.29, 1.82) is 0 Å². The SMILES string of the molecule is C#Cc1cc(C[C@@H](NC(=O)N2CCC(N3CCc4ccccc4NC3=O)CC2)C(=O)N2CCC(C3CN4CCC3CC4)CC2)cc(Cl)c1N. The van der Waals surface area contributed by atoms with Crippen molar-refractivity contribution in [2.75, 3.05) is 63.4 Å². The predicted molar refractivity (Wildman–Crippen MR) is 192 cm³/mol. The van der Waals surface area contributed by atoms with Crippen molar-refractivity contribution >= 4 is 40.9 Å². The van der Waals surface area contributed by atoms with Gasteiger partial charge in [-0.1, -0.05) is 35.7 Å². The first kappa shape index (κ1) is 33.6. The molecule has 2 aromatic rings. The molecule has 2 atom stereocenters. The molecule has 260 valence electrons. The van der Waals surface area contributed by atoms with E-state index in [1.807, 2.05) is 28.0 Å². The Labute approximate surface area is 294 Å². The average Bonchev–Trinajstić information content (AvgIpc) is 3.31. The highest BCUT2D eigenvalue weighted by atomic mass is 35.5. The van der Waals surface area contributed by atoms with Crippen molar-refractivity contribution in [3.05, 3.63) is 58.1 Å². The molecular weight excluding hydrogens is 638 g/mol. The Balaban J connectivity index is 0.998. The third-order valence-electron chi connectivity index (χ3n) is 11.9. The molecule has 2 aromatic carbocycles. The zero-order valence-corrected chi connectivity index (χ0v) is 29.0. The Bertz CT molecular complexity index is 1600. The maximum Gasteiger partial charge on any atom is 0.322 e. The van der Waals surface area contributed by atoms with Gasteiger partial charge < -0.3 is 36.0 Å². The van der Waals surface area contributed by atoms with Gasteiger partial charge in [0.1, 0.15) is 6.04 Å². The van der Waals surface area contributed by atoms with Crippen LogP contribution in [-0.2, 0) is 17.6 Å². The lowest BCUT2D eigenvalue weighted by Crippen LogP contribution is -2.57. The van der Waals surface area contributed by atoms with Gasteiger partial charge in [0.2, 0.25) is 5.91 Å². The number of terminal acetylenes is 1. The second-order valence-corrected chi connectivity index (χ2v) is 15.0. The standard InChI is InChI=1S/C38H48ClN7O3/c1-2-26-21-25(22-32(39)35(26)40)23-34(36(47)44-16-9-28(10-17-44)31-24-43-14-7-27(31)8-15-43)42-37(48)45-18-12-30(13-19-45)46-20-11-29-5-3-4-6-33(29)41-38(46)49/h1,3-6,21-22,27-28,30-31,34H,7-20,23-24,40H2,(H,41,49)(H,42,48)/t31?,34-/m1/s1. The lowest BCUT2D eigenvalue weighted by Gasteiger charge is -2.49. The van der Waals surface area contributed by atoms with Crippen LogP contribution in [0.4, 0.5) is 21.0 Å². The van der Waals surface area contributed by atoms with Crippen molar-refractivity contribution in [3.63, 3.8) is 0 Å². The summed E-state index contributed by atoms with van der Waals surface area (Å²) in [5, 5.41) is 6.49. The molecule has 6 aliphatic heterocycles. The van der Waals surface area contributed by atoms with Crippen molar-refractivity contribution in [2.45, 2.75) is 63.5 Å². The Hall–Kier alpha value is -3.94. The Morgan fingerprint density at radius 2 is 1.63 bits per heavy atom. The number of amides is 5. The summed E-state index contributed by atoms with van der Waals surface area (Å²) in [4.78, 5) is 49.3. The number of carbonyl (C=O) groups is 3. The van der Waals surface area contributed by atoms with Crippen molar-refractivity contribution in [2.24, 2.45) is 17.8 Å². The molecule has 10 nitrogen and oxygen atoms in total. The van der Waals surface area contributed by atoms with E-state index in [1.165, 1.54) is 32.5 Å². The zero-order valence-electron chi connectivity index (χ0n) is 28.2. The topological polar surface area (TPSA) is 114 Å². The number of likely N-dealkylation sites (tertiary alicyclic amines) is 2. The van der Waals surface area contributed by atoms with E-state index in [9.17, 15) is 14.4 Å². The Kier molecular flexibility index (Phi) is 9.93. The minimum atomic E-state index is -0.779. The van der Waals surface area contributed by atoms with Crippen molar-refractivity contribution < 1.29 is 14.4 Å². The number of benzene rings is 2. The van der Waals surface area contributed by atoms with E-state index in [2.05, 4.69) is 27.5 Å². The molecule has 5 fully saturated rings. The number of piperidine rings is 5. The number of fused-ring (bicyclic) bond motifs is 4. The lowest BCUT2D eigenvalue weighted by atomic mass is 9.70. The van der Waals surface area contributed by atoms with E-state index < -0.39 is 6.04 Å². The molecule has 2 bridgehead atoms. The minimum Gasteiger partial charge on any atom is -0.397 e. The third-order valence-corrected chi connectivity index (χ3v) is 12.2. The molecule has 0 aliphatic carbocycles. The summed E-state index contributed by atoms with van der Waals surface area (Å²) >= 11 is 6.43. The van der Waals surface area contributed by atoms with Crippen LogP contribution in [-0.4, -0.2) is 102 Å². The number of hydrogen-bond donors (Lipinski definition) is 3. The number of para-hydroxylation sites is 1. The third kappa shape index (κ3) is 7.20. The molecule has 11 heteroatoms. The fourth-order valence-electron chi connectivity index (χ4n) is 9.02. The van der Waals surface area contributed by atoms with Gasteiger partial charge in [0.05, 0.1) is 10.7 Å². The number of halogens is 1. The molecule has 8 rings (SSSR count). The molecule has 6 aliphatic rings. The Morgan fingerprint density at radius 1 is 0.959 bits per heavy atom. The van der Waals surface area contributed by atoms with Crippen LogP contribution in [0.3, 0.4) is 0 Å². The van der Waals surface area contributed by atoms with Crippen LogP contribution < -0.4 is 16.4 Å². The van der Waals surface area contributed by atoms with Gasteiger partial charge in [-0.15, -0.1) is 6.42 Å². The minimum absolute atomic E-state index is 0.0346. The van der Waals surface area contributed by atoms with Crippen LogP contribution in [0.15, 0.2) is 36.4 Å². The highest BCUT2D eigenvalue weighted by molar-refractivity contribution is 6.33. The van der Waals surface area contributed by atoms with Gasteiger partial charge in [-0.25, -0.2) is 9.59 Å².